The molecule has 1 aromatic rings. The number of nitrogens with two attached hydrogens (primary N) is 1. The molecule has 1 aromatic carbocycles. The highest BCUT2D eigenvalue weighted by Crippen LogP contribution is 2.24. The molecule has 66 valence electrons. The van der Waals surface area contributed by atoms with E-state index < -0.39 is 0 Å². The maximum Gasteiger partial charge on any atom is 0.119 e. The van der Waals surface area contributed by atoms with Crippen LogP contribution in [0, 0.1) is 0 Å². The van der Waals surface area contributed by atoms with Crippen molar-refractivity contribution < 1.29 is 5.11 Å². The van der Waals surface area contributed by atoms with E-state index in [9.17, 15) is 5.11 Å². The van der Waals surface area contributed by atoms with E-state index in [0.717, 1.165) is 29.7 Å². The molecule has 3 N–H and O–H groups in total. The Bertz CT molecular complexity index is 252. The summed E-state index contributed by atoms with van der Waals surface area (Å²) >= 11 is 0. The van der Waals surface area contributed by atoms with Crippen molar-refractivity contribution in [3.05, 3.63) is 23.3 Å². The predicted octanol–water partition coefficient (Wildman–Crippen LogP) is 2.10. The Balaban J connectivity index is 3.16. The van der Waals surface area contributed by atoms with E-state index in [1.807, 2.05) is 19.9 Å². The van der Waals surface area contributed by atoms with Crippen molar-refractivity contribution in [3.63, 3.8) is 0 Å². The summed E-state index contributed by atoms with van der Waals surface area (Å²) in [4.78, 5) is 0. The number of aryl methyl sites for hydroxylation is 2. The van der Waals surface area contributed by atoms with Crippen LogP contribution in [0.1, 0.15) is 25.0 Å². The monoisotopic (exact) mass is 165 g/mol. The van der Waals surface area contributed by atoms with Crippen LogP contribution in [0.25, 0.3) is 0 Å². The molecule has 12 heavy (non-hydrogen) atoms. The molecule has 0 radical (unpaired) electrons. The fourth-order valence-corrected chi connectivity index (χ4v) is 1.28. The number of aromatic hydroxyl groups is 1. The van der Waals surface area contributed by atoms with Crippen LogP contribution in [-0.4, -0.2) is 5.11 Å². The average Bonchev–Trinajstić information content (AvgIpc) is 2.08. The number of nitrogen functional groups attached to an aromatic ring is 1. The van der Waals surface area contributed by atoms with Gasteiger partial charge >= 0.3 is 0 Å². The van der Waals surface area contributed by atoms with Crippen LogP contribution in [0.2, 0.25) is 0 Å². The summed E-state index contributed by atoms with van der Waals surface area (Å²) in [5.41, 5.74) is 8.49. The molecule has 0 bridgehead atoms. The van der Waals surface area contributed by atoms with Gasteiger partial charge in [0.2, 0.25) is 0 Å². The Labute approximate surface area is 73.0 Å². The van der Waals surface area contributed by atoms with Gasteiger partial charge in [0.1, 0.15) is 5.75 Å². The molecule has 0 unspecified atom stereocenters. The zero-order valence-corrected chi connectivity index (χ0v) is 7.59. The second-order valence-electron chi connectivity index (χ2n) is 2.89. The third-order valence-corrected chi connectivity index (χ3v) is 2.10. The molecule has 0 aromatic heterocycles. The molecule has 0 spiro atoms. The molecule has 0 fully saturated rings. The molecule has 0 aliphatic rings. The highest BCUT2D eigenvalue weighted by atomic mass is 16.3. The molecular formula is C10H15NO. The van der Waals surface area contributed by atoms with Gasteiger partial charge in [-0.3, -0.25) is 0 Å². The van der Waals surface area contributed by atoms with Crippen LogP contribution < -0.4 is 5.73 Å². The molecule has 0 saturated carbocycles. The lowest BCUT2D eigenvalue weighted by molar-refractivity contribution is 0.468. The van der Waals surface area contributed by atoms with Gasteiger partial charge in [-0.25, -0.2) is 0 Å². The number of hydrogen-bond acceptors (Lipinski definition) is 2. The molecule has 2 nitrogen and oxygen atoms in total. The van der Waals surface area contributed by atoms with E-state index >= 15 is 0 Å². The fraction of sp³-hybridized carbons (Fsp3) is 0.400. The Morgan fingerprint density at radius 2 is 1.75 bits per heavy atom. The van der Waals surface area contributed by atoms with Crippen molar-refractivity contribution >= 4 is 5.69 Å². The smallest absolute Gasteiger partial charge is 0.119 e. The molecule has 0 aliphatic carbocycles. The summed E-state index contributed by atoms with van der Waals surface area (Å²) in [5, 5.41) is 9.49. The third kappa shape index (κ3) is 1.52. The summed E-state index contributed by atoms with van der Waals surface area (Å²) in [7, 11) is 0. The largest absolute Gasteiger partial charge is 0.508 e. The first-order valence-electron chi connectivity index (χ1n) is 4.29. The lowest BCUT2D eigenvalue weighted by atomic mass is 10.0. The van der Waals surface area contributed by atoms with Gasteiger partial charge in [-0.15, -0.1) is 0 Å². The third-order valence-electron chi connectivity index (χ3n) is 2.10. The average molecular weight is 165 g/mol. The minimum absolute atomic E-state index is 0.364. The topological polar surface area (TPSA) is 46.2 Å². The van der Waals surface area contributed by atoms with E-state index in [1.165, 1.54) is 0 Å². The zero-order valence-electron chi connectivity index (χ0n) is 7.59. The van der Waals surface area contributed by atoms with Crippen molar-refractivity contribution in [2.24, 2.45) is 0 Å². The first-order valence-corrected chi connectivity index (χ1v) is 4.29. The lowest BCUT2D eigenvalue weighted by Gasteiger charge is -2.07. The van der Waals surface area contributed by atoms with E-state index in [1.54, 1.807) is 6.07 Å². The fourth-order valence-electron chi connectivity index (χ4n) is 1.28. The maximum absolute atomic E-state index is 9.49. The van der Waals surface area contributed by atoms with Crippen LogP contribution in [0.3, 0.4) is 0 Å². The number of rotatable bonds is 2. The molecule has 1 rings (SSSR count). The predicted molar refractivity (Wildman–Crippen MR) is 51.3 cm³/mol. The summed E-state index contributed by atoms with van der Waals surface area (Å²) in [5.74, 6) is 0.364. The molecule has 0 saturated heterocycles. The highest BCUT2D eigenvalue weighted by molar-refractivity contribution is 5.54. The number of phenolic OH excluding ortho intramolecular Hbond substituents is 1. The summed E-state index contributed by atoms with van der Waals surface area (Å²) in [6, 6.07) is 3.61. The van der Waals surface area contributed by atoms with Crippen LogP contribution in [-0.2, 0) is 12.8 Å². The quantitative estimate of drug-likeness (QED) is 0.520. The zero-order chi connectivity index (χ0) is 9.14. The summed E-state index contributed by atoms with van der Waals surface area (Å²) < 4.78 is 0. The molecule has 0 heterocycles. The Morgan fingerprint density at radius 3 is 2.25 bits per heavy atom. The molecule has 0 atom stereocenters. The van der Waals surface area contributed by atoms with Gasteiger partial charge in [0.15, 0.2) is 0 Å². The van der Waals surface area contributed by atoms with Crippen molar-refractivity contribution in [1.82, 2.24) is 0 Å². The second kappa shape index (κ2) is 3.48. The first kappa shape index (κ1) is 8.91. The van der Waals surface area contributed by atoms with Crippen LogP contribution in [0.4, 0.5) is 5.69 Å². The number of phenols is 1. The molecule has 0 amide bonds. The molecule has 0 aliphatic heterocycles. The summed E-state index contributed by atoms with van der Waals surface area (Å²) in [6.45, 7) is 4.02. The van der Waals surface area contributed by atoms with E-state index in [-0.39, 0.29) is 0 Å². The van der Waals surface area contributed by atoms with E-state index in [0.29, 0.717) is 5.75 Å². The Kier molecular flexibility index (Phi) is 2.58. The highest BCUT2D eigenvalue weighted by Gasteiger charge is 2.03. The van der Waals surface area contributed by atoms with Crippen LogP contribution in [0.15, 0.2) is 12.1 Å². The maximum atomic E-state index is 9.49. The van der Waals surface area contributed by atoms with Gasteiger partial charge in [-0.2, -0.15) is 0 Å². The summed E-state index contributed by atoms with van der Waals surface area (Å²) in [6.07, 6.45) is 1.68. The second-order valence-corrected chi connectivity index (χ2v) is 2.89. The first-order chi connectivity index (χ1) is 5.69. The van der Waals surface area contributed by atoms with Gasteiger partial charge in [-0.1, -0.05) is 13.8 Å². The minimum atomic E-state index is 0.364. The van der Waals surface area contributed by atoms with Crippen molar-refractivity contribution in [1.29, 1.82) is 0 Å². The van der Waals surface area contributed by atoms with Crippen molar-refractivity contribution in [2.45, 2.75) is 26.7 Å². The van der Waals surface area contributed by atoms with Crippen molar-refractivity contribution in [2.75, 3.05) is 5.73 Å². The van der Waals surface area contributed by atoms with Gasteiger partial charge in [0.05, 0.1) is 0 Å². The Morgan fingerprint density at radius 1 is 1.17 bits per heavy atom. The molecular weight excluding hydrogens is 150 g/mol. The number of benzene rings is 1. The number of anilines is 1. The van der Waals surface area contributed by atoms with Crippen molar-refractivity contribution in [3.8, 4) is 5.75 Å². The van der Waals surface area contributed by atoms with Crippen LogP contribution >= 0.6 is 0 Å². The SMILES string of the molecule is CCc1cc(O)c(CC)cc1N. The van der Waals surface area contributed by atoms with Gasteiger partial charge in [0, 0.05) is 5.69 Å². The minimum Gasteiger partial charge on any atom is -0.508 e. The van der Waals surface area contributed by atoms with Gasteiger partial charge in [0.25, 0.3) is 0 Å². The number of hydrogen-bond donors (Lipinski definition) is 2. The normalized spacial score (nSPS) is 10.2. The molecule has 2 heteroatoms. The van der Waals surface area contributed by atoms with E-state index in [4.69, 9.17) is 5.73 Å². The van der Waals surface area contributed by atoms with Crippen LogP contribution in [0.5, 0.6) is 5.75 Å². The Hall–Kier alpha value is -1.18. The van der Waals surface area contributed by atoms with Gasteiger partial charge in [-0.05, 0) is 36.1 Å². The lowest BCUT2D eigenvalue weighted by Crippen LogP contribution is -1.95. The van der Waals surface area contributed by atoms with E-state index in [2.05, 4.69) is 0 Å². The van der Waals surface area contributed by atoms with Gasteiger partial charge < -0.3 is 10.8 Å². The standard InChI is InChI=1S/C10H15NO/c1-3-7-6-10(12)8(4-2)5-9(7)11/h5-6,12H,3-4,11H2,1-2H3.